The van der Waals surface area contributed by atoms with Gasteiger partial charge in [-0.3, -0.25) is 0 Å². The summed E-state index contributed by atoms with van der Waals surface area (Å²) < 4.78 is 20.9. The van der Waals surface area contributed by atoms with Gasteiger partial charge in [-0.1, -0.05) is 0 Å². The first-order valence-electron chi connectivity index (χ1n) is 8.92. The van der Waals surface area contributed by atoms with Crippen LogP contribution < -0.4 is 0 Å². The molecule has 1 aliphatic carbocycles. The first kappa shape index (κ1) is 21.4. The number of aliphatic hydroxyl groups excluding tert-OH is 4. The number of hydrogen-bond donors (Lipinski definition) is 6. The predicted octanol–water partition coefficient (Wildman–Crippen LogP) is -2.89. The molecule has 1 saturated carbocycles. The lowest BCUT2D eigenvalue weighted by Crippen LogP contribution is -2.62. The highest BCUT2D eigenvalue weighted by atomic mass is 16.8. The van der Waals surface area contributed by atoms with Gasteiger partial charge in [-0.05, 0) is 19.8 Å². The second kappa shape index (κ2) is 7.50. The molecule has 2 aliphatic heterocycles. The van der Waals surface area contributed by atoms with Crippen molar-refractivity contribution in [1.82, 2.24) is 0 Å². The number of ether oxygens (including phenoxy) is 4. The summed E-state index contributed by atoms with van der Waals surface area (Å²) in [4.78, 5) is 12.0. The van der Waals surface area contributed by atoms with E-state index in [1.807, 2.05) is 0 Å². The maximum atomic E-state index is 12.0. The van der Waals surface area contributed by atoms with E-state index in [2.05, 4.69) is 4.74 Å². The molecule has 0 amide bonds. The summed E-state index contributed by atoms with van der Waals surface area (Å²) >= 11 is 0. The standard InChI is InChI=1S/C17H26O11/c1-16(23)3-4-17(24)7(13(22)25-2)6-26-15(12(16)17)28-14-11(21)10(20)9(19)8(5-18)27-14/h6,8-12,14-15,18-21,23-24H,3-5H2,1-2H3/t8-,9-,10+,11-,12?,14+,15+,16+,17+/m1/s1. The third-order valence-corrected chi connectivity index (χ3v) is 5.78. The van der Waals surface area contributed by atoms with Gasteiger partial charge in [0.15, 0.2) is 6.29 Å². The van der Waals surface area contributed by atoms with Gasteiger partial charge in [-0.15, -0.1) is 0 Å². The minimum Gasteiger partial charge on any atom is -0.471 e. The second-order valence-electron chi connectivity index (χ2n) is 7.62. The van der Waals surface area contributed by atoms with Gasteiger partial charge in [0.25, 0.3) is 0 Å². The fourth-order valence-electron chi connectivity index (χ4n) is 4.16. The monoisotopic (exact) mass is 406 g/mol. The van der Waals surface area contributed by atoms with Crippen molar-refractivity contribution in [3.63, 3.8) is 0 Å². The van der Waals surface area contributed by atoms with Crippen LogP contribution in [-0.2, 0) is 23.7 Å². The van der Waals surface area contributed by atoms with Gasteiger partial charge in [0.2, 0.25) is 6.29 Å². The zero-order chi connectivity index (χ0) is 20.9. The molecule has 11 heteroatoms. The van der Waals surface area contributed by atoms with Crippen LogP contribution in [0.5, 0.6) is 0 Å². The summed E-state index contributed by atoms with van der Waals surface area (Å²) in [5.74, 6) is -1.97. The van der Waals surface area contributed by atoms with Gasteiger partial charge < -0.3 is 49.6 Å². The molecular weight excluding hydrogens is 380 g/mol. The largest absolute Gasteiger partial charge is 0.471 e. The normalized spacial score (nSPS) is 48.4. The van der Waals surface area contributed by atoms with E-state index in [-0.39, 0.29) is 18.4 Å². The molecule has 28 heavy (non-hydrogen) atoms. The number of fused-ring (bicyclic) bond motifs is 1. The molecule has 2 fully saturated rings. The van der Waals surface area contributed by atoms with Gasteiger partial charge >= 0.3 is 5.97 Å². The van der Waals surface area contributed by atoms with Gasteiger partial charge in [0, 0.05) is 0 Å². The van der Waals surface area contributed by atoms with Crippen LogP contribution in [0.25, 0.3) is 0 Å². The van der Waals surface area contributed by atoms with E-state index in [0.29, 0.717) is 0 Å². The van der Waals surface area contributed by atoms with E-state index < -0.39 is 66.7 Å². The van der Waals surface area contributed by atoms with E-state index >= 15 is 0 Å². The maximum absolute atomic E-state index is 12.0. The fraction of sp³-hybridized carbons (Fsp3) is 0.824. The Morgan fingerprint density at radius 3 is 2.46 bits per heavy atom. The lowest BCUT2D eigenvalue weighted by molar-refractivity contribution is -0.351. The van der Waals surface area contributed by atoms with Gasteiger partial charge in [-0.2, -0.15) is 0 Å². The minimum atomic E-state index is -1.81. The zero-order valence-electron chi connectivity index (χ0n) is 15.5. The molecule has 0 aromatic rings. The molecular formula is C17H26O11. The Hall–Kier alpha value is -1.31. The summed E-state index contributed by atoms with van der Waals surface area (Å²) in [5, 5.41) is 61.1. The molecule has 0 aromatic carbocycles. The van der Waals surface area contributed by atoms with Crippen molar-refractivity contribution in [1.29, 1.82) is 0 Å². The van der Waals surface area contributed by atoms with E-state index in [4.69, 9.17) is 14.2 Å². The van der Waals surface area contributed by atoms with Crippen molar-refractivity contribution in [3.05, 3.63) is 11.8 Å². The van der Waals surface area contributed by atoms with Crippen molar-refractivity contribution in [3.8, 4) is 0 Å². The highest BCUT2D eigenvalue weighted by Gasteiger charge is 2.64. The van der Waals surface area contributed by atoms with E-state index in [1.165, 1.54) is 6.92 Å². The molecule has 0 aromatic heterocycles. The van der Waals surface area contributed by atoms with Crippen LogP contribution in [0.3, 0.4) is 0 Å². The minimum absolute atomic E-state index is 0.0313. The average molecular weight is 406 g/mol. The van der Waals surface area contributed by atoms with Crippen LogP contribution in [0.4, 0.5) is 0 Å². The molecule has 11 nitrogen and oxygen atoms in total. The number of aliphatic hydroxyl groups is 6. The van der Waals surface area contributed by atoms with Crippen LogP contribution in [0.15, 0.2) is 11.8 Å². The third-order valence-electron chi connectivity index (χ3n) is 5.78. The first-order valence-corrected chi connectivity index (χ1v) is 8.92. The number of methoxy groups -OCH3 is 1. The number of hydrogen-bond acceptors (Lipinski definition) is 11. The Morgan fingerprint density at radius 2 is 1.86 bits per heavy atom. The van der Waals surface area contributed by atoms with E-state index in [0.717, 1.165) is 13.4 Å². The van der Waals surface area contributed by atoms with Crippen molar-refractivity contribution in [2.24, 2.45) is 5.92 Å². The second-order valence-corrected chi connectivity index (χ2v) is 7.62. The Morgan fingerprint density at radius 1 is 1.18 bits per heavy atom. The first-order chi connectivity index (χ1) is 13.1. The number of carbonyl (C=O) groups excluding carboxylic acids is 1. The summed E-state index contributed by atoms with van der Waals surface area (Å²) in [6.07, 6.45) is -7.88. The molecule has 3 aliphatic rings. The Balaban J connectivity index is 1.88. The Labute approximate surface area is 160 Å². The van der Waals surface area contributed by atoms with Crippen molar-refractivity contribution in [2.45, 2.75) is 68.0 Å². The highest BCUT2D eigenvalue weighted by molar-refractivity contribution is 5.90. The Bertz CT molecular complexity index is 633. The summed E-state index contributed by atoms with van der Waals surface area (Å²) in [6, 6.07) is 0. The van der Waals surface area contributed by atoms with Crippen molar-refractivity contribution in [2.75, 3.05) is 13.7 Å². The summed E-state index contributed by atoms with van der Waals surface area (Å²) in [7, 11) is 1.14. The van der Waals surface area contributed by atoms with E-state index in [9.17, 15) is 35.4 Å². The highest BCUT2D eigenvalue weighted by Crippen LogP contribution is 2.52. The van der Waals surface area contributed by atoms with Crippen molar-refractivity contribution >= 4 is 5.97 Å². The van der Waals surface area contributed by atoms with Crippen LogP contribution in [-0.4, -0.2) is 98.5 Å². The molecule has 0 spiro atoms. The number of rotatable bonds is 4. The molecule has 3 rings (SSSR count). The number of carbonyl (C=O) groups is 1. The summed E-state index contributed by atoms with van der Waals surface area (Å²) in [5.41, 5.74) is -3.49. The van der Waals surface area contributed by atoms with Gasteiger partial charge in [-0.25, -0.2) is 4.79 Å². The van der Waals surface area contributed by atoms with Crippen LogP contribution in [0.2, 0.25) is 0 Å². The van der Waals surface area contributed by atoms with Crippen LogP contribution in [0, 0.1) is 5.92 Å². The molecule has 9 atom stereocenters. The molecule has 0 bridgehead atoms. The maximum Gasteiger partial charge on any atom is 0.339 e. The number of esters is 1. The van der Waals surface area contributed by atoms with Crippen LogP contribution >= 0.6 is 0 Å². The average Bonchev–Trinajstić information content (AvgIpc) is 2.92. The molecule has 2 heterocycles. The molecule has 6 N–H and O–H groups in total. The molecule has 1 unspecified atom stereocenters. The SMILES string of the molecule is COC(=O)C1=CO[C@@H](O[C@@H]2O[C@H](CO)[C@@H](O)[C@H](O)[C@H]2O)C2[C@@](C)(O)CC[C@]12O. The fourth-order valence-corrected chi connectivity index (χ4v) is 4.16. The van der Waals surface area contributed by atoms with Gasteiger partial charge in [0.1, 0.15) is 35.6 Å². The lowest BCUT2D eigenvalue weighted by atomic mass is 9.77. The van der Waals surface area contributed by atoms with Gasteiger partial charge in [0.05, 0.1) is 31.5 Å². The zero-order valence-corrected chi connectivity index (χ0v) is 15.5. The molecule has 1 saturated heterocycles. The smallest absolute Gasteiger partial charge is 0.339 e. The van der Waals surface area contributed by atoms with Crippen LogP contribution in [0.1, 0.15) is 19.8 Å². The van der Waals surface area contributed by atoms with Crippen molar-refractivity contribution < 1.29 is 54.4 Å². The topological polar surface area (TPSA) is 175 Å². The predicted molar refractivity (Wildman–Crippen MR) is 88.1 cm³/mol. The molecule has 0 radical (unpaired) electrons. The Kier molecular flexibility index (Phi) is 5.73. The lowest BCUT2D eigenvalue weighted by Gasteiger charge is -2.46. The van der Waals surface area contributed by atoms with E-state index in [1.54, 1.807) is 0 Å². The third kappa shape index (κ3) is 3.31. The molecule has 160 valence electrons. The summed E-state index contributed by atoms with van der Waals surface area (Å²) in [6.45, 7) is 0.802. The quantitative estimate of drug-likeness (QED) is 0.264.